The van der Waals surface area contributed by atoms with E-state index in [1.54, 1.807) is 6.20 Å². The van der Waals surface area contributed by atoms with E-state index in [4.69, 9.17) is 0 Å². The van der Waals surface area contributed by atoms with Crippen LogP contribution in [0.25, 0.3) is 10.9 Å². The largest absolute Gasteiger partial charge is 0.334 e. The summed E-state index contributed by atoms with van der Waals surface area (Å²) in [7, 11) is 0. The van der Waals surface area contributed by atoms with Gasteiger partial charge in [0.15, 0.2) is 0 Å². The Morgan fingerprint density at radius 3 is 3.12 bits per heavy atom. The second kappa shape index (κ2) is 7.88. The van der Waals surface area contributed by atoms with Crippen molar-refractivity contribution >= 4 is 28.7 Å². The van der Waals surface area contributed by atoms with E-state index < -0.39 is 0 Å². The normalized spacial score (nSPS) is 17.9. The minimum absolute atomic E-state index is 0.0566. The number of hydrogen-bond donors (Lipinski definition) is 1. The Morgan fingerprint density at radius 1 is 1.42 bits per heavy atom. The topological polar surface area (TPSA) is 45.2 Å². The molecular weight excluding hydrogens is 318 g/mol. The molecule has 0 radical (unpaired) electrons. The molecule has 1 aliphatic rings. The first-order valence-electron chi connectivity index (χ1n) is 8.54. The second-order valence-corrected chi connectivity index (χ2v) is 7.41. The first-order valence-corrected chi connectivity index (χ1v) is 9.93. The summed E-state index contributed by atoms with van der Waals surface area (Å²) in [5.41, 5.74) is 3.33. The van der Waals surface area contributed by atoms with E-state index >= 15 is 0 Å². The Hall–Kier alpha value is -1.75. The molecule has 1 aromatic carbocycles. The molecule has 0 bridgehead atoms. The van der Waals surface area contributed by atoms with Crippen molar-refractivity contribution in [3.05, 3.63) is 41.6 Å². The number of aryl methyl sites for hydroxylation is 1. The third kappa shape index (κ3) is 3.83. The van der Waals surface area contributed by atoms with Crippen LogP contribution in [0, 0.1) is 12.8 Å². The molecule has 2 aromatic rings. The Labute approximate surface area is 148 Å². The fraction of sp³-hybridized carbons (Fsp3) is 0.474. The summed E-state index contributed by atoms with van der Waals surface area (Å²) < 4.78 is 0. The van der Waals surface area contributed by atoms with Gasteiger partial charge in [-0.25, -0.2) is 4.79 Å². The lowest BCUT2D eigenvalue weighted by atomic mass is 10.0. The molecule has 1 N–H and O–H groups in total. The zero-order chi connectivity index (χ0) is 16.9. The number of pyridine rings is 1. The summed E-state index contributed by atoms with van der Waals surface area (Å²) in [6, 6.07) is 8.19. The molecule has 5 heteroatoms. The zero-order valence-electron chi connectivity index (χ0n) is 14.4. The maximum atomic E-state index is 12.6. The SMILES string of the molecule is CSC[C@@H]1CCCN(C(=O)NCc2c(C)ccc3ncccc23)C1. The molecular formula is C19H25N3OS. The van der Waals surface area contributed by atoms with Gasteiger partial charge in [-0.05, 0) is 61.0 Å². The molecule has 1 aliphatic heterocycles. The summed E-state index contributed by atoms with van der Waals surface area (Å²) in [5.74, 6) is 1.76. The van der Waals surface area contributed by atoms with Crippen molar-refractivity contribution in [2.24, 2.45) is 5.92 Å². The summed E-state index contributed by atoms with van der Waals surface area (Å²) in [5, 5.41) is 4.24. The van der Waals surface area contributed by atoms with E-state index in [-0.39, 0.29) is 6.03 Å². The number of nitrogens with one attached hydrogen (secondary N) is 1. The number of piperidine rings is 1. The molecule has 2 amide bonds. The highest BCUT2D eigenvalue weighted by atomic mass is 32.2. The highest BCUT2D eigenvalue weighted by Gasteiger charge is 2.23. The molecule has 0 aliphatic carbocycles. The Kier molecular flexibility index (Phi) is 5.61. The smallest absolute Gasteiger partial charge is 0.317 e. The quantitative estimate of drug-likeness (QED) is 0.918. The lowest BCUT2D eigenvalue weighted by molar-refractivity contribution is 0.170. The first-order chi connectivity index (χ1) is 11.7. The van der Waals surface area contributed by atoms with Gasteiger partial charge in [-0.3, -0.25) is 4.98 Å². The molecule has 128 valence electrons. The molecule has 4 nitrogen and oxygen atoms in total. The van der Waals surface area contributed by atoms with Gasteiger partial charge < -0.3 is 10.2 Å². The molecule has 2 heterocycles. The number of carbonyl (C=O) groups excluding carboxylic acids is 1. The number of hydrogen-bond acceptors (Lipinski definition) is 3. The van der Waals surface area contributed by atoms with Crippen molar-refractivity contribution in [1.82, 2.24) is 15.2 Å². The highest BCUT2D eigenvalue weighted by Crippen LogP contribution is 2.22. The molecule has 1 fully saturated rings. The summed E-state index contributed by atoms with van der Waals surface area (Å²) >= 11 is 1.87. The van der Waals surface area contributed by atoms with Gasteiger partial charge >= 0.3 is 6.03 Å². The van der Waals surface area contributed by atoms with E-state index in [1.807, 2.05) is 28.8 Å². The molecule has 1 saturated heterocycles. The highest BCUT2D eigenvalue weighted by molar-refractivity contribution is 7.98. The number of urea groups is 1. The van der Waals surface area contributed by atoms with E-state index in [0.29, 0.717) is 12.5 Å². The zero-order valence-corrected chi connectivity index (χ0v) is 15.2. The molecule has 1 atom stereocenters. The first kappa shape index (κ1) is 17.1. The van der Waals surface area contributed by atoms with Crippen molar-refractivity contribution in [3.8, 4) is 0 Å². The fourth-order valence-electron chi connectivity index (χ4n) is 3.45. The van der Waals surface area contributed by atoms with E-state index in [2.05, 4.69) is 35.6 Å². The third-order valence-electron chi connectivity index (χ3n) is 4.76. The van der Waals surface area contributed by atoms with Crippen LogP contribution < -0.4 is 5.32 Å². The molecule has 24 heavy (non-hydrogen) atoms. The van der Waals surface area contributed by atoms with Crippen LogP contribution in [0.3, 0.4) is 0 Å². The van der Waals surface area contributed by atoms with Crippen LogP contribution in [-0.2, 0) is 6.54 Å². The molecule has 3 rings (SSSR count). The Morgan fingerprint density at radius 2 is 2.29 bits per heavy atom. The minimum Gasteiger partial charge on any atom is -0.334 e. The lowest BCUT2D eigenvalue weighted by Gasteiger charge is -2.32. The number of thioether (sulfide) groups is 1. The van der Waals surface area contributed by atoms with Crippen molar-refractivity contribution in [2.75, 3.05) is 25.1 Å². The summed E-state index contributed by atoms with van der Waals surface area (Å²) in [6.07, 6.45) is 6.28. The number of aromatic nitrogens is 1. The van der Waals surface area contributed by atoms with Gasteiger partial charge in [0.25, 0.3) is 0 Å². The number of nitrogens with zero attached hydrogens (tertiary/aromatic N) is 2. The van der Waals surface area contributed by atoms with Gasteiger partial charge in [-0.1, -0.05) is 12.1 Å². The fourth-order valence-corrected chi connectivity index (χ4v) is 4.20. The van der Waals surface area contributed by atoms with Crippen molar-refractivity contribution in [3.63, 3.8) is 0 Å². The number of fused-ring (bicyclic) bond motifs is 1. The Balaban J connectivity index is 1.67. The molecule has 1 aromatic heterocycles. The van der Waals surface area contributed by atoms with E-state index in [0.717, 1.165) is 41.7 Å². The van der Waals surface area contributed by atoms with Crippen LogP contribution in [0.15, 0.2) is 30.5 Å². The molecule has 0 unspecified atom stereocenters. The van der Waals surface area contributed by atoms with Crippen molar-refractivity contribution in [1.29, 1.82) is 0 Å². The monoisotopic (exact) mass is 343 g/mol. The summed E-state index contributed by atoms with van der Waals surface area (Å²) in [6.45, 7) is 4.39. The van der Waals surface area contributed by atoms with Crippen LogP contribution in [-0.4, -0.2) is 41.0 Å². The van der Waals surface area contributed by atoms with Gasteiger partial charge in [-0.15, -0.1) is 0 Å². The standard InChI is InChI=1S/C19H25N3OS/c1-14-7-8-18-16(6-3-9-20-18)17(14)11-21-19(23)22-10-4-5-15(12-22)13-24-2/h3,6-9,15H,4-5,10-13H2,1-2H3,(H,21,23)/t15-/m1/s1. The van der Waals surface area contributed by atoms with Crippen LogP contribution in [0.4, 0.5) is 4.79 Å². The minimum atomic E-state index is 0.0566. The van der Waals surface area contributed by atoms with Gasteiger partial charge in [0.05, 0.1) is 5.52 Å². The van der Waals surface area contributed by atoms with Gasteiger partial charge in [-0.2, -0.15) is 11.8 Å². The van der Waals surface area contributed by atoms with Crippen molar-refractivity contribution < 1.29 is 4.79 Å². The van der Waals surface area contributed by atoms with Crippen LogP contribution in [0.2, 0.25) is 0 Å². The summed E-state index contributed by atoms with van der Waals surface area (Å²) in [4.78, 5) is 18.9. The predicted molar refractivity (Wildman–Crippen MR) is 101 cm³/mol. The van der Waals surface area contributed by atoms with Crippen LogP contribution in [0.5, 0.6) is 0 Å². The predicted octanol–water partition coefficient (Wildman–Crippen LogP) is 3.83. The van der Waals surface area contributed by atoms with Crippen LogP contribution in [0.1, 0.15) is 24.0 Å². The van der Waals surface area contributed by atoms with E-state index in [1.165, 1.54) is 12.0 Å². The Bertz CT molecular complexity index is 717. The van der Waals surface area contributed by atoms with Crippen LogP contribution >= 0.6 is 11.8 Å². The molecule has 0 saturated carbocycles. The van der Waals surface area contributed by atoms with Gasteiger partial charge in [0, 0.05) is 31.2 Å². The average Bonchev–Trinajstić information content (AvgIpc) is 2.61. The lowest BCUT2D eigenvalue weighted by Crippen LogP contribution is -2.45. The number of amides is 2. The third-order valence-corrected chi connectivity index (χ3v) is 5.56. The van der Waals surface area contributed by atoms with Gasteiger partial charge in [0.2, 0.25) is 0 Å². The van der Waals surface area contributed by atoms with Crippen molar-refractivity contribution in [2.45, 2.75) is 26.3 Å². The average molecular weight is 343 g/mol. The maximum absolute atomic E-state index is 12.6. The number of rotatable bonds is 4. The van der Waals surface area contributed by atoms with Gasteiger partial charge in [0.1, 0.15) is 0 Å². The number of carbonyl (C=O) groups is 1. The molecule has 0 spiro atoms. The van der Waals surface area contributed by atoms with E-state index in [9.17, 15) is 4.79 Å². The maximum Gasteiger partial charge on any atom is 0.317 e. The number of likely N-dealkylation sites (tertiary alicyclic amines) is 1. The second-order valence-electron chi connectivity index (χ2n) is 6.50. The number of benzene rings is 1.